The molecular weight excluding hydrogens is 324 g/mol. The SMILES string of the molecule is CC(C)CC(=O)NC(=S)Nc1cc(/C=C/C(=O)O)ccc1Cl. The van der Waals surface area contributed by atoms with Gasteiger partial charge in [0.15, 0.2) is 5.11 Å². The van der Waals surface area contributed by atoms with Crippen molar-refractivity contribution in [1.29, 1.82) is 0 Å². The number of amides is 1. The molecule has 0 spiro atoms. The highest BCUT2D eigenvalue weighted by Gasteiger charge is 2.09. The minimum atomic E-state index is -1.04. The van der Waals surface area contributed by atoms with Crippen LogP contribution in [0.15, 0.2) is 24.3 Å². The fraction of sp³-hybridized carbons (Fsp3) is 0.267. The first kappa shape index (κ1) is 18.1. The number of rotatable bonds is 5. The van der Waals surface area contributed by atoms with Gasteiger partial charge in [-0.2, -0.15) is 0 Å². The van der Waals surface area contributed by atoms with E-state index in [1.165, 1.54) is 6.08 Å². The monoisotopic (exact) mass is 340 g/mol. The van der Waals surface area contributed by atoms with E-state index in [1.807, 2.05) is 13.8 Å². The van der Waals surface area contributed by atoms with Crippen LogP contribution < -0.4 is 10.6 Å². The largest absolute Gasteiger partial charge is 0.478 e. The molecule has 7 heteroatoms. The number of carboxylic acid groups (broad SMARTS) is 1. The van der Waals surface area contributed by atoms with Gasteiger partial charge < -0.3 is 15.7 Å². The van der Waals surface area contributed by atoms with E-state index in [0.29, 0.717) is 22.7 Å². The molecule has 0 aliphatic heterocycles. The lowest BCUT2D eigenvalue weighted by molar-refractivity contribution is -0.131. The van der Waals surface area contributed by atoms with Gasteiger partial charge in [-0.3, -0.25) is 4.79 Å². The van der Waals surface area contributed by atoms with E-state index in [9.17, 15) is 9.59 Å². The van der Waals surface area contributed by atoms with Crippen molar-refractivity contribution in [3.05, 3.63) is 34.9 Å². The first-order valence-electron chi connectivity index (χ1n) is 6.59. The van der Waals surface area contributed by atoms with Crippen molar-refractivity contribution in [2.24, 2.45) is 5.92 Å². The Morgan fingerprint density at radius 3 is 2.68 bits per heavy atom. The van der Waals surface area contributed by atoms with Crippen molar-refractivity contribution in [2.45, 2.75) is 20.3 Å². The zero-order valence-electron chi connectivity index (χ0n) is 12.2. The van der Waals surface area contributed by atoms with Gasteiger partial charge in [-0.15, -0.1) is 0 Å². The van der Waals surface area contributed by atoms with Gasteiger partial charge in [0.05, 0.1) is 10.7 Å². The molecule has 0 aliphatic rings. The molecule has 0 saturated carbocycles. The predicted molar refractivity (Wildman–Crippen MR) is 91.9 cm³/mol. The maximum absolute atomic E-state index is 11.6. The van der Waals surface area contributed by atoms with Gasteiger partial charge in [-0.05, 0) is 41.9 Å². The number of anilines is 1. The molecule has 0 aliphatic carbocycles. The summed E-state index contributed by atoms with van der Waals surface area (Å²) in [4.78, 5) is 22.2. The maximum Gasteiger partial charge on any atom is 0.328 e. The molecule has 1 aromatic rings. The van der Waals surface area contributed by atoms with E-state index >= 15 is 0 Å². The van der Waals surface area contributed by atoms with Crippen LogP contribution in [0.3, 0.4) is 0 Å². The Morgan fingerprint density at radius 2 is 2.09 bits per heavy atom. The molecule has 0 unspecified atom stereocenters. The Balaban J connectivity index is 2.75. The summed E-state index contributed by atoms with van der Waals surface area (Å²) in [6.45, 7) is 3.87. The van der Waals surface area contributed by atoms with E-state index < -0.39 is 5.97 Å². The molecule has 3 N–H and O–H groups in total. The van der Waals surface area contributed by atoms with Crippen molar-refractivity contribution in [3.8, 4) is 0 Å². The van der Waals surface area contributed by atoms with Crippen molar-refractivity contribution >= 4 is 52.6 Å². The second-order valence-electron chi connectivity index (χ2n) is 5.01. The zero-order chi connectivity index (χ0) is 16.7. The van der Waals surface area contributed by atoms with Crippen LogP contribution in [0.25, 0.3) is 6.08 Å². The number of hydrogen-bond acceptors (Lipinski definition) is 3. The van der Waals surface area contributed by atoms with Gasteiger partial charge in [-0.25, -0.2) is 4.79 Å². The third-order valence-electron chi connectivity index (χ3n) is 2.50. The molecule has 0 heterocycles. The number of thiocarbonyl (C=S) groups is 1. The van der Waals surface area contributed by atoms with Crippen LogP contribution in [0.2, 0.25) is 5.02 Å². The van der Waals surface area contributed by atoms with Crippen LogP contribution in [-0.2, 0) is 9.59 Å². The van der Waals surface area contributed by atoms with Crippen molar-refractivity contribution in [1.82, 2.24) is 5.32 Å². The van der Waals surface area contributed by atoms with Gasteiger partial charge in [0.25, 0.3) is 0 Å². The summed E-state index contributed by atoms with van der Waals surface area (Å²) in [5.74, 6) is -0.984. The van der Waals surface area contributed by atoms with Crippen LogP contribution in [0.1, 0.15) is 25.8 Å². The van der Waals surface area contributed by atoms with Gasteiger partial charge in [0, 0.05) is 12.5 Å². The number of benzene rings is 1. The number of hydrogen-bond donors (Lipinski definition) is 3. The molecule has 0 bridgehead atoms. The molecule has 0 atom stereocenters. The van der Waals surface area contributed by atoms with Gasteiger partial charge in [0.2, 0.25) is 5.91 Å². The molecule has 1 amide bonds. The summed E-state index contributed by atoms with van der Waals surface area (Å²) >= 11 is 11.1. The number of carboxylic acids is 1. The number of halogens is 1. The summed E-state index contributed by atoms with van der Waals surface area (Å²) in [6, 6.07) is 4.93. The normalized spacial score (nSPS) is 10.7. The molecule has 0 radical (unpaired) electrons. The van der Waals surface area contributed by atoms with Crippen LogP contribution in [-0.4, -0.2) is 22.1 Å². The van der Waals surface area contributed by atoms with E-state index in [0.717, 1.165) is 6.08 Å². The highest BCUT2D eigenvalue weighted by Crippen LogP contribution is 2.23. The van der Waals surface area contributed by atoms with Gasteiger partial charge >= 0.3 is 5.97 Å². The molecule has 1 aromatic carbocycles. The molecule has 0 saturated heterocycles. The van der Waals surface area contributed by atoms with Crippen LogP contribution >= 0.6 is 23.8 Å². The van der Waals surface area contributed by atoms with Crippen LogP contribution in [0, 0.1) is 5.92 Å². The first-order valence-corrected chi connectivity index (χ1v) is 7.38. The summed E-state index contributed by atoms with van der Waals surface area (Å²) in [6.07, 6.45) is 2.83. The standard InChI is InChI=1S/C15H17ClN2O3S/c1-9(2)7-13(19)18-15(22)17-12-8-10(3-5-11(12)16)4-6-14(20)21/h3-6,8-9H,7H2,1-2H3,(H,20,21)(H2,17,18,19,22)/b6-4+. The Morgan fingerprint density at radius 1 is 1.41 bits per heavy atom. The second kappa shape index (κ2) is 8.51. The van der Waals surface area contributed by atoms with E-state index in [4.69, 9.17) is 28.9 Å². The third kappa shape index (κ3) is 6.69. The van der Waals surface area contributed by atoms with Crippen molar-refractivity contribution in [3.63, 3.8) is 0 Å². The lowest BCUT2D eigenvalue weighted by atomic mass is 10.1. The smallest absolute Gasteiger partial charge is 0.328 e. The highest BCUT2D eigenvalue weighted by atomic mass is 35.5. The lowest BCUT2D eigenvalue weighted by Crippen LogP contribution is -2.34. The second-order valence-corrected chi connectivity index (χ2v) is 5.83. The summed E-state index contributed by atoms with van der Waals surface area (Å²) in [7, 11) is 0. The minimum absolute atomic E-state index is 0.145. The fourth-order valence-corrected chi connectivity index (χ4v) is 2.00. The minimum Gasteiger partial charge on any atom is -0.478 e. The first-order chi connectivity index (χ1) is 10.3. The molecule has 118 valence electrons. The number of carbonyl (C=O) groups is 2. The Bertz CT molecular complexity index is 615. The van der Waals surface area contributed by atoms with Gasteiger partial charge in [0.1, 0.15) is 0 Å². The van der Waals surface area contributed by atoms with E-state index in [2.05, 4.69) is 10.6 Å². The maximum atomic E-state index is 11.6. The fourth-order valence-electron chi connectivity index (χ4n) is 1.61. The highest BCUT2D eigenvalue weighted by molar-refractivity contribution is 7.80. The Hall–Kier alpha value is -1.92. The van der Waals surface area contributed by atoms with E-state index in [-0.39, 0.29) is 16.9 Å². The van der Waals surface area contributed by atoms with Crippen molar-refractivity contribution < 1.29 is 14.7 Å². The summed E-state index contributed by atoms with van der Waals surface area (Å²) in [5.41, 5.74) is 1.13. The molecule has 0 aromatic heterocycles. The average Bonchev–Trinajstić information content (AvgIpc) is 2.38. The quantitative estimate of drug-likeness (QED) is 0.566. The van der Waals surface area contributed by atoms with Crippen LogP contribution in [0.5, 0.6) is 0 Å². The third-order valence-corrected chi connectivity index (χ3v) is 3.04. The average molecular weight is 341 g/mol. The molecule has 22 heavy (non-hydrogen) atoms. The topological polar surface area (TPSA) is 78.4 Å². The van der Waals surface area contributed by atoms with E-state index in [1.54, 1.807) is 18.2 Å². The number of nitrogens with one attached hydrogen (secondary N) is 2. The van der Waals surface area contributed by atoms with Gasteiger partial charge in [-0.1, -0.05) is 31.5 Å². The van der Waals surface area contributed by atoms with Crippen LogP contribution in [0.4, 0.5) is 5.69 Å². The summed E-state index contributed by atoms with van der Waals surface area (Å²) < 4.78 is 0. The summed E-state index contributed by atoms with van der Waals surface area (Å²) in [5, 5.41) is 14.6. The number of carbonyl (C=O) groups excluding carboxylic acids is 1. The zero-order valence-corrected chi connectivity index (χ0v) is 13.8. The molecular formula is C15H17ClN2O3S. The lowest BCUT2D eigenvalue weighted by Gasteiger charge is -2.12. The number of aliphatic carboxylic acids is 1. The molecule has 1 rings (SSSR count). The molecule has 5 nitrogen and oxygen atoms in total. The predicted octanol–water partition coefficient (Wildman–Crippen LogP) is 3.30. The van der Waals surface area contributed by atoms with Crippen molar-refractivity contribution in [2.75, 3.05) is 5.32 Å². The Kier molecular flexibility index (Phi) is 7.01. The molecule has 0 fully saturated rings. The Labute approximate surface area is 139 Å².